The van der Waals surface area contributed by atoms with Crippen LogP contribution in [0, 0.1) is 11.8 Å². The Hall–Kier alpha value is -0.0400. The molecule has 0 aliphatic heterocycles. The third kappa shape index (κ3) is 3.89. The molecular weight excluding hydrogens is 124 g/mol. The summed E-state index contributed by atoms with van der Waals surface area (Å²) in [5.74, 6) is 1.08. The summed E-state index contributed by atoms with van der Waals surface area (Å²) in [5, 5.41) is 9.43. The van der Waals surface area contributed by atoms with Gasteiger partial charge in [-0.05, 0) is 18.3 Å². The van der Waals surface area contributed by atoms with Gasteiger partial charge >= 0.3 is 0 Å². The van der Waals surface area contributed by atoms with Crippen molar-refractivity contribution < 1.29 is 5.11 Å². The summed E-state index contributed by atoms with van der Waals surface area (Å²) >= 11 is 0. The molecule has 0 heterocycles. The molecule has 0 aromatic rings. The monoisotopic (exact) mass is 144 g/mol. The van der Waals surface area contributed by atoms with Crippen LogP contribution in [0.5, 0.6) is 0 Å². The van der Waals surface area contributed by atoms with Gasteiger partial charge in [0.1, 0.15) is 0 Å². The SMILES string of the molecule is CCC(C)CC(O)C(C)C. The van der Waals surface area contributed by atoms with E-state index in [0.29, 0.717) is 11.8 Å². The van der Waals surface area contributed by atoms with Crippen molar-refractivity contribution in [2.45, 2.75) is 46.6 Å². The molecule has 0 amide bonds. The van der Waals surface area contributed by atoms with Crippen molar-refractivity contribution in [2.75, 3.05) is 0 Å². The molecule has 0 aromatic carbocycles. The minimum Gasteiger partial charge on any atom is -0.393 e. The van der Waals surface area contributed by atoms with Crippen molar-refractivity contribution in [3.63, 3.8) is 0 Å². The molecule has 10 heavy (non-hydrogen) atoms. The summed E-state index contributed by atoms with van der Waals surface area (Å²) in [7, 11) is 0. The van der Waals surface area contributed by atoms with Crippen LogP contribution >= 0.6 is 0 Å². The van der Waals surface area contributed by atoms with Crippen molar-refractivity contribution in [3.8, 4) is 0 Å². The summed E-state index contributed by atoms with van der Waals surface area (Å²) in [6.07, 6.45) is 2.02. The molecule has 0 aliphatic rings. The molecule has 0 radical (unpaired) electrons. The van der Waals surface area contributed by atoms with E-state index in [0.717, 1.165) is 6.42 Å². The average Bonchev–Trinajstić information content (AvgIpc) is 1.87. The number of aliphatic hydroxyl groups is 1. The number of hydrogen-bond donors (Lipinski definition) is 1. The van der Waals surface area contributed by atoms with Gasteiger partial charge in [-0.3, -0.25) is 0 Å². The van der Waals surface area contributed by atoms with Crippen LogP contribution in [0.3, 0.4) is 0 Å². The first-order valence-electron chi connectivity index (χ1n) is 4.26. The summed E-state index contributed by atoms with van der Waals surface area (Å²) in [5.41, 5.74) is 0. The quantitative estimate of drug-likeness (QED) is 0.642. The fraction of sp³-hybridized carbons (Fsp3) is 1.00. The smallest absolute Gasteiger partial charge is 0.0565 e. The van der Waals surface area contributed by atoms with Gasteiger partial charge in [0.2, 0.25) is 0 Å². The van der Waals surface area contributed by atoms with Crippen LogP contribution in [0.25, 0.3) is 0 Å². The molecule has 0 rings (SSSR count). The van der Waals surface area contributed by atoms with Gasteiger partial charge < -0.3 is 5.11 Å². The molecule has 0 aromatic heterocycles. The second-order valence-corrected chi connectivity index (χ2v) is 3.56. The van der Waals surface area contributed by atoms with Crippen molar-refractivity contribution in [3.05, 3.63) is 0 Å². The van der Waals surface area contributed by atoms with Crippen molar-refractivity contribution in [2.24, 2.45) is 11.8 Å². The summed E-state index contributed by atoms with van der Waals surface area (Å²) in [4.78, 5) is 0. The van der Waals surface area contributed by atoms with E-state index in [1.165, 1.54) is 6.42 Å². The maximum absolute atomic E-state index is 9.43. The average molecular weight is 144 g/mol. The van der Waals surface area contributed by atoms with E-state index in [4.69, 9.17) is 0 Å². The number of aliphatic hydroxyl groups excluding tert-OH is 1. The lowest BCUT2D eigenvalue weighted by Gasteiger charge is -2.17. The van der Waals surface area contributed by atoms with E-state index < -0.39 is 0 Å². The van der Waals surface area contributed by atoms with Crippen LogP contribution in [0.15, 0.2) is 0 Å². The highest BCUT2D eigenvalue weighted by molar-refractivity contribution is 4.63. The highest BCUT2D eigenvalue weighted by Gasteiger charge is 2.11. The van der Waals surface area contributed by atoms with Crippen LogP contribution < -0.4 is 0 Å². The Kier molecular flexibility index (Phi) is 4.71. The highest BCUT2D eigenvalue weighted by Crippen LogP contribution is 2.14. The van der Waals surface area contributed by atoms with E-state index in [1.54, 1.807) is 0 Å². The highest BCUT2D eigenvalue weighted by atomic mass is 16.3. The maximum Gasteiger partial charge on any atom is 0.0565 e. The number of rotatable bonds is 4. The summed E-state index contributed by atoms with van der Waals surface area (Å²) in [6.45, 7) is 8.48. The zero-order valence-electron chi connectivity index (χ0n) is 7.59. The molecule has 0 fully saturated rings. The Morgan fingerprint density at radius 1 is 1.20 bits per heavy atom. The molecule has 0 saturated heterocycles. The predicted octanol–water partition coefficient (Wildman–Crippen LogP) is 2.44. The lowest BCUT2D eigenvalue weighted by molar-refractivity contribution is 0.0993. The molecule has 2 unspecified atom stereocenters. The third-order valence-corrected chi connectivity index (χ3v) is 2.11. The predicted molar refractivity (Wildman–Crippen MR) is 44.9 cm³/mol. The molecular formula is C9H20O. The van der Waals surface area contributed by atoms with Crippen molar-refractivity contribution >= 4 is 0 Å². The Morgan fingerprint density at radius 2 is 1.70 bits per heavy atom. The van der Waals surface area contributed by atoms with Crippen molar-refractivity contribution in [1.29, 1.82) is 0 Å². The molecule has 1 N–H and O–H groups in total. The zero-order valence-corrected chi connectivity index (χ0v) is 7.59. The number of hydrogen-bond acceptors (Lipinski definition) is 1. The minimum absolute atomic E-state index is 0.102. The molecule has 0 bridgehead atoms. The normalized spacial score (nSPS) is 17.4. The van der Waals surface area contributed by atoms with Crippen LogP contribution in [0.4, 0.5) is 0 Å². The van der Waals surface area contributed by atoms with Gasteiger partial charge in [0, 0.05) is 0 Å². The van der Waals surface area contributed by atoms with Crippen LogP contribution in [-0.2, 0) is 0 Å². The van der Waals surface area contributed by atoms with Gasteiger partial charge in [0.15, 0.2) is 0 Å². The van der Waals surface area contributed by atoms with Gasteiger partial charge in [-0.25, -0.2) is 0 Å². The molecule has 2 atom stereocenters. The first-order valence-corrected chi connectivity index (χ1v) is 4.26. The van der Waals surface area contributed by atoms with Crippen LogP contribution in [0.2, 0.25) is 0 Å². The van der Waals surface area contributed by atoms with Gasteiger partial charge in [-0.1, -0.05) is 34.1 Å². The van der Waals surface area contributed by atoms with Gasteiger partial charge in [0.25, 0.3) is 0 Å². The Balaban J connectivity index is 3.46. The summed E-state index contributed by atoms with van der Waals surface area (Å²) < 4.78 is 0. The molecule has 1 heteroatoms. The lowest BCUT2D eigenvalue weighted by atomic mass is 9.95. The molecule has 0 aliphatic carbocycles. The topological polar surface area (TPSA) is 20.2 Å². The van der Waals surface area contributed by atoms with Gasteiger partial charge in [-0.2, -0.15) is 0 Å². The first-order chi connectivity index (χ1) is 4.57. The maximum atomic E-state index is 9.43. The van der Waals surface area contributed by atoms with E-state index >= 15 is 0 Å². The Morgan fingerprint density at radius 3 is 2.00 bits per heavy atom. The lowest BCUT2D eigenvalue weighted by Crippen LogP contribution is -2.17. The fourth-order valence-corrected chi connectivity index (χ4v) is 0.851. The second kappa shape index (κ2) is 4.73. The molecule has 0 spiro atoms. The molecule has 0 saturated carbocycles. The van der Waals surface area contributed by atoms with Gasteiger partial charge in [0.05, 0.1) is 6.10 Å². The van der Waals surface area contributed by atoms with E-state index in [2.05, 4.69) is 27.7 Å². The Bertz CT molecular complexity index is 78.8. The molecule has 62 valence electrons. The van der Waals surface area contributed by atoms with E-state index in [-0.39, 0.29) is 6.10 Å². The Labute approximate surface area is 64.5 Å². The third-order valence-electron chi connectivity index (χ3n) is 2.11. The van der Waals surface area contributed by atoms with E-state index in [1.807, 2.05) is 0 Å². The zero-order chi connectivity index (χ0) is 8.15. The first kappa shape index (κ1) is 9.96. The van der Waals surface area contributed by atoms with Crippen molar-refractivity contribution in [1.82, 2.24) is 0 Å². The standard InChI is InChI=1S/C9H20O/c1-5-8(4)6-9(10)7(2)3/h7-10H,5-6H2,1-4H3. The largest absolute Gasteiger partial charge is 0.393 e. The minimum atomic E-state index is -0.102. The second-order valence-electron chi connectivity index (χ2n) is 3.56. The van der Waals surface area contributed by atoms with E-state index in [9.17, 15) is 5.11 Å². The molecule has 1 nitrogen and oxygen atoms in total. The summed E-state index contributed by atoms with van der Waals surface area (Å²) in [6, 6.07) is 0. The van der Waals surface area contributed by atoms with Crippen LogP contribution in [-0.4, -0.2) is 11.2 Å². The fourth-order valence-electron chi connectivity index (χ4n) is 0.851. The van der Waals surface area contributed by atoms with Crippen LogP contribution in [0.1, 0.15) is 40.5 Å². The van der Waals surface area contributed by atoms with Gasteiger partial charge in [-0.15, -0.1) is 0 Å².